The average Bonchev–Trinajstić information content (AvgIpc) is 3.04. The first kappa shape index (κ1) is 15.1. The van der Waals surface area contributed by atoms with Gasteiger partial charge in [0.15, 0.2) is 0 Å². The summed E-state index contributed by atoms with van der Waals surface area (Å²) >= 11 is 0. The molecular formula is C14H24N2O4. The molecule has 1 saturated heterocycles. The van der Waals surface area contributed by atoms with E-state index < -0.39 is 5.97 Å². The Kier molecular flexibility index (Phi) is 5.23. The number of aliphatic carboxylic acids is 1. The van der Waals surface area contributed by atoms with Gasteiger partial charge in [0, 0.05) is 26.6 Å². The topological polar surface area (TPSA) is 78.9 Å². The Labute approximate surface area is 119 Å². The number of methoxy groups -OCH3 is 1. The Hall–Kier alpha value is -1.30. The van der Waals surface area contributed by atoms with Crippen LogP contribution in [0.5, 0.6) is 0 Å². The number of ether oxygens (including phenoxy) is 1. The summed E-state index contributed by atoms with van der Waals surface area (Å²) in [5.41, 5.74) is 0. The Morgan fingerprint density at radius 1 is 1.35 bits per heavy atom. The lowest BCUT2D eigenvalue weighted by Crippen LogP contribution is -2.47. The number of nitrogens with one attached hydrogen (secondary N) is 1. The van der Waals surface area contributed by atoms with Gasteiger partial charge in [-0.1, -0.05) is 0 Å². The SMILES string of the molecule is COC1CCCC1NC(=O)N1CCC(CCC(=O)O)C1. The van der Waals surface area contributed by atoms with Crippen molar-refractivity contribution in [1.82, 2.24) is 10.2 Å². The number of urea groups is 1. The fourth-order valence-corrected chi connectivity index (χ4v) is 3.20. The van der Waals surface area contributed by atoms with Gasteiger partial charge in [-0.25, -0.2) is 4.79 Å². The third kappa shape index (κ3) is 3.85. The lowest BCUT2D eigenvalue weighted by atomic mass is 10.0. The fraction of sp³-hybridized carbons (Fsp3) is 0.857. The number of nitrogens with zero attached hydrogens (tertiary/aromatic N) is 1. The summed E-state index contributed by atoms with van der Waals surface area (Å²) in [5, 5.41) is 11.7. The summed E-state index contributed by atoms with van der Waals surface area (Å²) in [6, 6.07) is 0.0855. The van der Waals surface area contributed by atoms with Crippen LogP contribution in [0.25, 0.3) is 0 Å². The van der Waals surface area contributed by atoms with Crippen molar-refractivity contribution in [3.8, 4) is 0 Å². The molecule has 1 saturated carbocycles. The molecule has 2 aliphatic rings. The van der Waals surface area contributed by atoms with E-state index in [4.69, 9.17) is 9.84 Å². The molecule has 2 N–H and O–H groups in total. The number of carbonyl (C=O) groups excluding carboxylic acids is 1. The summed E-state index contributed by atoms with van der Waals surface area (Å²) in [5.74, 6) is -0.444. The van der Waals surface area contributed by atoms with E-state index in [1.807, 2.05) is 0 Å². The molecule has 2 fully saturated rings. The molecule has 114 valence electrons. The minimum absolute atomic E-state index is 0.0308. The highest BCUT2D eigenvalue weighted by atomic mass is 16.5. The van der Waals surface area contributed by atoms with Gasteiger partial charge in [0.2, 0.25) is 0 Å². The van der Waals surface area contributed by atoms with E-state index in [1.165, 1.54) is 0 Å². The lowest BCUT2D eigenvalue weighted by molar-refractivity contribution is -0.137. The maximum absolute atomic E-state index is 12.2. The third-order valence-electron chi connectivity index (χ3n) is 4.40. The van der Waals surface area contributed by atoms with Crippen LogP contribution in [0.2, 0.25) is 0 Å². The zero-order valence-corrected chi connectivity index (χ0v) is 12.0. The molecule has 6 heteroatoms. The number of carboxylic acid groups (broad SMARTS) is 1. The van der Waals surface area contributed by atoms with Crippen molar-refractivity contribution in [3.63, 3.8) is 0 Å². The number of likely N-dealkylation sites (tertiary alicyclic amines) is 1. The second-order valence-corrected chi connectivity index (χ2v) is 5.79. The third-order valence-corrected chi connectivity index (χ3v) is 4.40. The van der Waals surface area contributed by atoms with E-state index in [0.29, 0.717) is 18.9 Å². The first-order valence-corrected chi connectivity index (χ1v) is 7.40. The summed E-state index contributed by atoms with van der Waals surface area (Å²) in [7, 11) is 1.69. The number of hydrogen-bond donors (Lipinski definition) is 2. The van der Waals surface area contributed by atoms with Gasteiger partial charge in [-0.2, -0.15) is 0 Å². The van der Waals surface area contributed by atoms with Crippen molar-refractivity contribution >= 4 is 12.0 Å². The number of carbonyl (C=O) groups is 2. The standard InChI is InChI=1S/C14H24N2O4/c1-20-12-4-2-3-11(12)15-14(19)16-8-7-10(9-16)5-6-13(17)18/h10-12H,2-9H2,1H3,(H,15,19)(H,17,18). The van der Waals surface area contributed by atoms with E-state index in [2.05, 4.69) is 5.32 Å². The molecule has 1 aliphatic carbocycles. The van der Waals surface area contributed by atoms with Crippen LogP contribution in [0.4, 0.5) is 4.79 Å². The zero-order valence-electron chi connectivity index (χ0n) is 12.0. The molecule has 0 aromatic carbocycles. The van der Waals surface area contributed by atoms with Gasteiger partial charge in [-0.3, -0.25) is 4.79 Å². The van der Waals surface area contributed by atoms with E-state index in [9.17, 15) is 9.59 Å². The predicted octanol–water partition coefficient (Wildman–Crippen LogP) is 1.45. The van der Waals surface area contributed by atoms with Crippen LogP contribution in [0, 0.1) is 5.92 Å². The van der Waals surface area contributed by atoms with Crippen LogP contribution in [0.3, 0.4) is 0 Å². The van der Waals surface area contributed by atoms with Gasteiger partial charge in [-0.15, -0.1) is 0 Å². The molecular weight excluding hydrogens is 260 g/mol. The van der Waals surface area contributed by atoms with E-state index in [-0.39, 0.29) is 24.6 Å². The van der Waals surface area contributed by atoms with E-state index >= 15 is 0 Å². The molecule has 6 nitrogen and oxygen atoms in total. The van der Waals surface area contributed by atoms with E-state index in [0.717, 1.165) is 32.2 Å². The number of carboxylic acids is 1. The smallest absolute Gasteiger partial charge is 0.317 e. The van der Waals surface area contributed by atoms with Gasteiger partial charge in [-0.05, 0) is 38.0 Å². The molecule has 0 aromatic heterocycles. The highest BCUT2D eigenvalue weighted by Gasteiger charge is 2.32. The molecule has 0 radical (unpaired) electrons. The van der Waals surface area contributed by atoms with Gasteiger partial charge in [0.05, 0.1) is 12.1 Å². The van der Waals surface area contributed by atoms with Crippen LogP contribution in [-0.2, 0) is 9.53 Å². The van der Waals surface area contributed by atoms with Crippen LogP contribution >= 0.6 is 0 Å². The quantitative estimate of drug-likeness (QED) is 0.801. The average molecular weight is 284 g/mol. The van der Waals surface area contributed by atoms with Crippen LogP contribution in [-0.4, -0.2) is 54.4 Å². The fourth-order valence-electron chi connectivity index (χ4n) is 3.20. The molecule has 3 unspecified atom stereocenters. The first-order valence-electron chi connectivity index (χ1n) is 7.40. The highest BCUT2D eigenvalue weighted by molar-refractivity contribution is 5.75. The van der Waals surface area contributed by atoms with Crippen molar-refractivity contribution < 1.29 is 19.4 Å². The van der Waals surface area contributed by atoms with E-state index in [1.54, 1.807) is 12.0 Å². The van der Waals surface area contributed by atoms with Crippen molar-refractivity contribution in [1.29, 1.82) is 0 Å². The molecule has 0 bridgehead atoms. The molecule has 1 heterocycles. The van der Waals surface area contributed by atoms with Crippen molar-refractivity contribution in [2.75, 3.05) is 20.2 Å². The van der Waals surface area contributed by atoms with Gasteiger partial charge < -0.3 is 20.1 Å². The summed E-state index contributed by atoms with van der Waals surface area (Å²) < 4.78 is 5.37. The zero-order chi connectivity index (χ0) is 14.5. The minimum Gasteiger partial charge on any atom is -0.481 e. The van der Waals surface area contributed by atoms with Gasteiger partial charge in [0.1, 0.15) is 0 Å². The Balaban J connectivity index is 1.75. The maximum Gasteiger partial charge on any atom is 0.317 e. The van der Waals surface area contributed by atoms with Gasteiger partial charge in [0.25, 0.3) is 0 Å². The van der Waals surface area contributed by atoms with Crippen LogP contribution in [0.15, 0.2) is 0 Å². The highest BCUT2D eigenvalue weighted by Crippen LogP contribution is 2.24. The molecule has 20 heavy (non-hydrogen) atoms. The van der Waals surface area contributed by atoms with Gasteiger partial charge >= 0.3 is 12.0 Å². The maximum atomic E-state index is 12.2. The molecule has 1 aliphatic heterocycles. The first-order chi connectivity index (χ1) is 9.60. The predicted molar refractivity (Wildman–Crippen MR) is 73.5 cm³/mol. The van der Waals surface area contributed by atoms with Crippen molar-refractivity contribution in [3.05, 3.63) is 0 Å². The monoisotopic (exact) mass is 284 g/mol. The second-order valence-electron chi connectivity index (χ2n) is 5.79. The lowest BCUT2D eigenvalue weighted by Gasteiger charge is -2.24. The molecule has 2 amide bonds. The molecule has 0 spiro atoms. The normalized spacial score (nSPS) is 29.6. The van der Waals surface area contributed by atoms with Crippen molar-refractivity contribution in [2.45, 2.75) is 50.7 Å². The number of rotatable bonds is 5. The summed E-state index contributed by atoms with van der Waals surface area (Å²) in [6.45, 7) is 1.39. The minimum atomic E-state index is -0.762. The number of hydrogen-bond acceptors (Lipinski definition) is 3. The Morgan fingerprint density at radius 2 is 2.15 bits per heavy atom. The van der Waals surface area contributed by atoms with Crippen molar-refractivity contribution in [2.24, 2.45) is 5.92 Å². The summed E-state index contributed by atoms with van der Waals surface area (Å²) in [6.07, 6.45) is 4.94. The Bertz CT molecular complexity index is 361. The molecule has 3 atom stereocenters. The van der Waals surface area contributed by atoms with Crippen LogP contribution < -0.4 is 5.32 Å². The molecule has 0 aromatic rings. The number of amides is 2. The van der Waals surface area contributed by atoms with Crippen LogP contribution in [0.1, 0.15) is 38.5 Å². The summed E-state index contributed by atoms with van der Waals surface area (Å²) in [4.78, 5) is 24.6. The largest absolute Gasteiger partial charge is 0.481 e. The Morgan fingerprint density at radius 3 is 2.85 bits per heavy atom. The molecule has 2 rings (SSSR count). The second kappa shape index (κ2) is 6.92.